The second-order valence-electron chi connectivity index (χ2n) is 6.04. The third kappa shape index (κ3) is 3.74. The van der Waals surface area contributed by atoms with E-state index >= 15 is 0 Å². The molecule has 1 aliphatic heterocycles. The molecular weight excluding hydrogens is 322 g/mol. The van der Waals surface area contributed by atoms with Crippen LogP contribution in [0.25, 0.3) is 10.8 Å². The van der Waals surface area contributed by atoms with E-state index < -0.39 is 17.7 Å². The van der Waals surface area contributed by atoms with Crippen LogP contribution in [0.4, 0.5) is 5.69 Å². The number of hydrogen-bond donors (Lipinski definition) is 1. The summed E-state index contributed by atoms with van der Waals surface area (Å²) in [7, 11) is 0. The number of esters is 2. The second-order valence-corrected chi connectivity index (χ2v) is 6.04. The molecular formula is C19H19NO5. The Morgan fingerprint density at radius 1 is 1.04 bits per heavy atom. The molecule has 0 atom stereocenters. The number of carbonyl (C=O) groups is 2. The zero-order valence-corrected chi connectivity index (χ0v) is 14.3. The molecule has 6 heteroatoms. The number of cyclic esters (lactones) is 2. The van der Waals surface area contributed by atoms with E-state index in [0.29, 0.717) is 6.61 Å². The fraction of sp³-hybridized carbons (Fsp3) is 0.263. The van der Waals surface area contributed by atoms with Gasteiger partial charge < -0.3 is 19.5 Å². The average Bonchev–Trinajstić information content (AvgIpc) is 2.53. The molecule has 1 aliphatic rings. The zero-order chi connectivity index (χ0) is 18.0. The van der Waals surface area contributed by atoms with Gasteiger partial charge in [0.15, 0.2) is 5.57 Å². The van der Waals surface area contributed by atoms with Crippen LogP contribution >= 0.6 is 0 Å². The van der Waals surface area contributed by atoms with Gasteiger partial charge in [0.25, 0.3) is 5.79 Å². The van der Waals surface area contributed by atoms with Gasteiger partial charge in [-0.15, -0.1) is 0 Å². The summed E-state index contributed by atoms with van der Waals surface area (Å²) in [4.78, 5) is 23.8. The van der Waals surface area contributed by atoms with Crippen LogP contribution in [0.1, 0.15) is 20.8 Å². The fourth-order valence-corrected chi connectivity index (χ4v) is 2.50. The van der Waals surface area contributed by atoms with Gasteiger partial charge in [-0.25, -0.2) is 9.59 Å². The Morgan fingerprint density at radius 3 is 2.36 bits per heavy atom. The molecule has 6 nitrogen and oxygen atoms in total. The highest BCUT2D eigenvalue weighted by atomic mass is 16.7. The molecule has 0 aliphatic carbocycles. The van der Waals surface area contributed by atoms with Crippen LogP contribution in [0.2, 0.25) is 0 Å². The van der Waals surface area contributed by atoms with Gasteiger partial charge in [-0.05, 0) is 42.0 Å². The SMILES string of the molecule is CCOc1ccc2cc(NC=C3C(=O)OC(C)(C)OC3=O)ccc2c1. The third-order valence-corrected chi connectivity index (χ3v) is 3.62. The molecule has 0 bridgehead atoms. The van der Waals surface area contributed by atoms with Crippen molar-refractivity contribution in [2.24, 2.45) is 0 Å². The van der Waals surface area contributed by atoms with Crippen molar-refractivity contribution in [1.82, 2.24) is 0 Å². The summed E-state index contributed by atoms with van der Waals surface area (Å²) in [6.45, 7) is 5.56. The Kier molecular flexibility index (Phi) is 4.35. The molecule has 130 valence electrons. The van der Waals surface area contributed by atoms with E-state index in [4.69, 9.17) is 14.2 Å². The van der Waals surface area contributed by atoms with Crippen molar-refractivity contribution in [2.45, 2.75) is 26.6 Å². The summed E-state index contributed by atoms with van der Waals surface area (Å²) >= 11 is 0. The van der Waals surface area contributed by atoms with Gasteiger partial charge in [0, 0.05) is 25.7 Å². The van der Waals surface area contributed by atoms with Gasteiger partial charge in [-0.2, -0.15) is 0 Å². The number of nitrogens with one attached hydrogen (secondary N) is 1. The molecule has 1 saturated heterocycles. The smallest absolute Gasteiger partial charge is 0.350 e. The van der Waals surface area contributed by atoms with Crippen LogP contribution in [0.15, 0.2) is 48.2 Å². The number of ether oxygens (including phenoxy) is 3. The number of carbonyl (C=O) groups excluding carboxylic acids is 2. The molecule has 0 saturated carbocycles. The van der Waals surface area contributed by atoms with E-state index in [9.17, 15) is 9.59 Å². The van der Waals surface area contributed by atoms with E-state index in [0.717, 1.165) is 22.2 Å². The maximum atomic E-state index is 11.9. The summed E-state index contributed by atoms with van der Waals surface area (Å²) < 4.78 is 15.6. The number of anilines is 1. The first-order chi connectivity index (χ1) is 11.9. The molecule has 0 amide bonds. The number of rotatable bonds is 4. The van der Waals surface area contributed by atoms with Crippen LogP contribution < -0.4 is 10.1 Å². The van der Waals surface area contributed by atoms with E-state index in [1.54, 1.807) is 0 Å². The van der Waals surface area contributed by atoms with E-state index in [-0.39, 0.29) is 5.57 Å². The first-order valence-electron chi connectivity index (χ1n) is 7.98. The third-order valence-electron chi connectivity index (χ3n) is 3.62. The Labute approximate surface area is 145 Å². The Hall–Kier alpha value is -3.02. The number of hydrogen-bond acceptors (Lipinski definition) is 6. The lowest BCUT2D eigenvalue weighted by Crippen LogP contribution is -2.42. The summed E-state index contributed by atoms with van der Waals surface area (Å²) in [6, 6.07) is 11.5. The highest BCUT2D eigenvalue weighted by Crippen LogP contribution is 2.25. The van der Waals surface area contributed by atoms with Crippen molar-refractivity contribution < 1.29 is 23.8 Å². The lowest BCUT2D eigenvalue weighted by atomic mass is 10.1. The first kappa shape index (κ1) is 16.8. The predicted molar refractivity (Wildman–Crippen MR) is 93.1 cm³/mol. The topological polar surface area (TPSA) is 73.9 Å². The van der Waals surface area contributed by atoms with Gasteiger partial charge in [0.1, 0.15) is 5.75 Å². The van der Waals surface area contributed by atoms with Gasteiger partial charge in [0.05, 0.1) is 6.61 Å². The summed E-state index contributed by atoms with van der Waals surface area (Å²) in [6.07, 6.45) is 1.30. The highest BCUT2D eigenvalue weighted by Gasteiger charge is 2.38. The molecule has 1 fully saturated rings. The van der Waals surface area contributed by atoms with Crippen LogP contribution in [-0.4, -0.2) is 24.3 Å². The molecule has 2 aromatic carbocycles. The minimum Gasteiger partial charge on any atom is -0.494 e. The van der Waals surface area contributed by atoms with Crippen LogP contribution in [0, 0.1) is 0 Å². The Bertz CT molecular complexity index is 847. The van der Waals surface area contributed by atoms with E-state index in [2.05, 4.69) is 5.32 Å². The van der Waals surface area contributed by atoms with Gasteiger partial charge in [-0.3, -0.25) is 0 Å². The number of fused-ring (bicyclic) bond motifs is 1. The van der Waals surface area contributed by atoms with Crippen molar-refractivity contribution >= 4 is 28.4 Å². The molecule has 0 radical (unpaired) electrons. The average molecular weight is 341 g/mol. The maximum absolute atomic E-state index is 11.9. The molecule has 0 spiro atoms. The summed E-state index contributed by atoms with van der Waals surface area (Å²) in [5.74, 6) is -1.85. The van der Waals surface area contributed by atoms with Crippen LogP contribution in [0.3, 0.4) is 0 Å². The normalized spacial score (nSPS) is 16.2. The van der Waals surface area contributed by atoms with Crippen molar-refractivity contribution in [3.05, 3.63) is 48.2 Å². The van der Waals surface area contributed by atoms with E-state index in [1.807, 2.05) is 43.3 Å². The molecule has 0 aromatic heterocycles. The van der Waals surface area contributed by atoms with Crippen molar-refractivity contribution in [3.63, 3.8) is 0 Å². The lowest BCUT2D eigenvalue weighted by Gasteiger charge is -2.29. The van der Waals surface area contributed by atoms with Crippen molar-refractivity contribution in [3.8, 4) is 5.75 Å². The standard InChI is InChI=1S/C19H19NO5/c1-4-23-15-8-6-12-9-14(7-5-13(12)10-15)20-11-16-17(21)24-19(2,3)25-18(16)22/h5-11,20H,4H2,1-3H3. The molecule has 25 heavy (non-hydrogen) atoms. The van der Waals surface area contributed by atoms with E-state index in [1.165, 1.54) is 20.0 Å². The minimum atomic E-state index is -1.24. The van der Waals surface area contributed by atoms with Gasteiger partial charge in [-0.1, -0.05) is 12.1 Å². The Balaban J connectivity index is 1.80. The maximum Gasteiger partial charge on any atom is 0.350 e. The largest absolute Gasteiger partial charge is 0.494 e. The predicted octanol–water partition coefficient (Wildman–Crippen LogP) is 3.37. The lowest BCUT2D eigenvalue weighted by molar-refractivity contribution is -0.222. The van der Waals surface area contributed by atoms with Gasteiger partial charge in [0.2, 0.25) is 0 Å². The zero-order valence-electron chi connectivity index (χ0n) is 14.3. The summed E-state index contributed by atoms with van der Waals surface area (Å²) in [5.41, 5.74) is 0.556. The van der Waals surface area contributed by atoms with Crippen molar-refractivity contribution in [2.75, 3.05) is 11.9 Å². The minimum absolute atomic E-state index is 0.175. The molecule has 1 heterocycles. The fourth-order valence-electron chi connectivity index (χ4n) is 2.50. The second kappa shape index (κ2) is 6.47. The first-order valence-corrected chi connectivity index (χ1v) is 7.98. The molecule has 3 rings (SSSR count). The Morgan fingerprint density at radius 2 is 1.68 bits per heavy atom. The molecule has 0 unspecified atom stereocenters. The van der Waals surface area contributed by atoms with Crippen LogP contribution in [-0.2, 0) is 19.1 Å². The van der Waals surface area contributed by atoms with Gasteiger partial charge >= 0.3 is 11.9 Å². The number of benzene rings is 2. The van der Waals surface area contributed by atoms with Crippen LogP contribution in [0.5, 0.6) is 5.75 Å². The monoisotopic (exact) mass is 341 g/mol. The quantitative estimate of drug-likeness (QED) is 0.522. The molecule has 2 aromatic rings. The highest BCUT2D eigenvalue weighted by molar-refractivity contribution is 6.15. The van der Waals surface area contributed by atoms with Crippen molar-refractivity contribution in [1.29, 1.82) is 0 Å². The molecule has 1 N–H and O–H groups in total. The summed E-state index contributed by atoms with van der Waals surface area (Å²) in [5, 5.41) is 4.97.